The number of rotatable bonds is 8. The zero-order chi connectivity index (χ0) is 20.1. The molecule has 0 N–H and O–H groups in total. The number of ether oxygens (including phenoxy) is 1. The van der Waals surface area contributed by atoms with E-state index in [-0.39, 0.29) is 12.0 Å². The maximum absolute atomic E-state index is 12.9. The Balaban J connectivity index is 1.37. The molecule has 1 atom stereocenters. The topological polar surface area (TPSA) is 68.5 Å². The second kappa shape index (κ2) is 9.33. The molecule has 1 saturated heterocycles. The summed E-state index contributed by atoms with van der Waals surface area (Å²) < 4.78 is 11.5. The third-order valence-corrected chi connectivity index (χ3v) is 5.91. The molecule has 1 aromatic carbocycles. The molecule has 29 heavy (non-hydrogen) atoms. The van der Waals surface area contributed by atoms with Gasteiger partial charge in [0.25, 0.3) is 0 Å². The molecule has 1 unspecified atom stereocenters. The summed E-state index contributed by atoms with van der Waals surface area (Å²) in [5, 5.41) is 10.3. The van der Waals surface area contributed by atoms with Gasteiger partial charge >= 0.3 is 0 Å². The van der Waals surface area contributed by atoms with E-state index >= 15 is 0 Å². The van der Waals surface area contributed by atoms with Crippen molar-refractivity contribution in [2.24, 2.45) is 0 Å². The lowest BCUT2D eigenvalue weighted by molar-refractivity contribution is -0.133. The average Bonchev–Trinajstić information content (AvgIpc) is 3.49. The van der Waals surface area contributed by atoms with E-state index in [9.17, 15) is 4.79 Å². The zero-order valence-corrected chi connectivity index (χ0v) is 17.4. The molecule has 6 nitrogen and oxygen atoms in total. The van der Waals surface area contributed by atoms with Crippen molar-refractivity contribution in [3.05, 3.63) is 58.1 Å². The van der Waals surface area contributed by atoms with Crippen LogP contribution in [0.2, 0.25) is 0 Å². The summed E-state index contributed by atoms with van der Waals surface area (Å²) in [6.45, 7) is 4.08. The molecule has 3 aromatic rings. The van der Waals surface area contributed by atoms with Gasteiger partial charge in [0.05, 0.1) is 12.6 Å². The van der Waals surface area contributed by atoms with Crippen molar-refractivity contribution in [2.45, 2.75) is 45.3 Å². The van der Waals surface area contributed by atoms with Gasteiger partial charge in [-0.25, -0.2) is 0 Å². The molecule has 1 aliphatic heterocycles. The predicted molar refractivity (Wildman–Crippen MR) is 112 cm³/mol. The van der Waals surface area contributed by atoms with Crippen molar-refractivity contribution >= 4 is 17.2 Å². The van der Waals surface area contributed by atoms with E-state index in [1.54, 1.807) is 11.3 Å². The first-order valence-electron chi connectivity index (χ1n) is 9.98. The van der Waals surface area contributed by atoms with Crippen molar-refractivity contribution in [3.8, 4) is 11.5 Å². The van der Waals surface area contributed by atoms with E-state index in [1.807, 2.05) is 47.5 Å². The molecular formula is C22H25N3O3S. The van der Waals surface area contributed by atoms with Crippen molar-refractivity contribution in [1.82, 2.24) is 15.1 Å². The van der Waals surface area contributed by atoms with E-state index in [2.05, 4.69) is 16.3 Å². The number of amides is 1. The van der Waals surface area contributed by atoms with E-state index < -0.39 is 0 Å². The highest BCUT2D eigenvalue weighted by Gasteiger charge is 2.23. The van der Waals surface area contributed by atoms with Gasteiger partial charge in [0.2, 0.25) is 17.7 Å². The summed E-state index contributed by atoms with van der Waals surface area (Å²) in [7, 11) is 0. The highest BCUT2D eigenvalue weighted by atomic mass is 32.1. The van der Waals surface area contributed by atoms with Crippen LogP contribution in [0.3, 0.4) is 0 Å². The van der Waals surface area contributed by atoms with Crippen molar-refractivity contribution in [2.75, 3.05) is 13.2 Å². The first-order valence-corrected chi connectivity index (χ1v) is 10.9. The first-order chi connectivity index (χ1) is 14.2. The highest BCUT2D eigenvalue weighted by Crippen LogP contribution is 2.20. The molecule has 4 rings (SSSR count). The maximum Gasteiger partial charge on any atom is 0.247 e. The average molecular weight is 412 g/mol. The minimum Gasteiger partial charge on any atom is -0.421 e. The standard InChI is InChI=1S/C22H25N3O3S/c1-16-6-8-17(9-7-16)22-24-23-20(28-22)10-11-21(26)25(14-18-4-2-12-27-18)15-19-5-3-13-29-19/h3,5-9,13,18H,2,4,10-12,14-15H2,1H3. The van der Waals surface area contributed by atoms with Gasteiger partial charge in [0.15, 0.2) is 0 Å². The van der Waals surface area contributed by atoms with E-state index in [4.69, 9.17) is 9.15 Å². The molecule has 2 aromatic heterocycles. The number of benzene rings is 1. The molecule has 1 aliphatic rings. The Bertz CT molecular complexity index is 915. The van der Waals surface area contributed by atoms with Gasteiger partial charge in [-0.05, 0) is 43.3 Å². The Morgan fingerprint density at radius 3 is 2.83 bits per heavy atom. The SMILES string of the molecule is Cc1ccc(-c2nnc(CCC(=O)N(Cc3cccs3)CC3CCCO3)o2)cc1. The van der Waals surface area contributed by atoms with Gasteiger partial charge in [-0.2, -0.15) is 0 Å². The van der Waals surface area contributed by atoms with Crippen LogP contribution in [0.4, 0.5) is 0 Å². The molecular weight excluding hydrogens is 386 g/mol. The fourth-order valence-electron chi connectivity index (χ4n) is 3.42. The number of hydrogen-bond donors (Lipinski definition) is 0. The van der Waals surface area contributed by atoms with Crippen LogP contribution in [0, 0.1) is 6.92 Å². The summed E-state index contributed by atoms with van der Waals surface area (Å²) in [6, 6.07) is 12.0. The number of carbonyl (C=O) groups excluding carboxylic acids is 1. The summed E-state index contributed by atoms with van der Waals surface area (Å²) in [5.74, 6) is 1.06. The Labute approximate surface area is 174 Å². The Morgan fingerprint density at radius 1 is 1.24 bits per heavy atom. The summed E-state index contributed by atoms with van der Waals surface area (Å²) in [6.07, 6.45) is 2.99. The summed E-state index contributed by atoms with van der Waals surface area (Å²) in [5.41, 5.74) is 2.06. The Hall–Kier alpha value is -2.51. The number of aromatic nitrogens is 2. The molecule has 0 radical (unpaired) electrons. The molecule has 0 spiro atoms. The quantitative estimate of drug-likeness (QED) is 0.554. The van der Waals surface area contributed by atoms with Crippen LogP contribution in [0.15, 0.2) is 46.2 Å². The molecule has 152 valence electrons. The minimum absolute atomic E-state index is 0.0870. The predicted octanol–water partition coefficient (Wildman–Crippen LogP) is 4.25. The summed E-state index contributed by atoms with van der Waals surface area (Å²) >= 11 is 1.67. The molecule has 7 heteroatoms. The first kappa shape index (κ1) is 19.8. The molecule has 0 saturated carbocycles. The number of carbonyl (C=O) groups is 1. The van der Waals surface area contributed by atoms with Crippen molar-refractivity contribution in [1.29, 1.82) is 0 Å². The largest absolute Gasteiger partial charge is 0.421 e. The van der Waals surface area contributed by atoms with Crippen LogP contribution >= 0.6 is 11.3 Å². The smallest absolute Gasteiger partial charge is 0.247 e. The molecule has 0 aliphatic carbocycles. The fraction of sp³-hybridized carbons (Fsp3) is 0.409. The van der Waals surface area contributed by atoms with Crippen LogP contribution in [0.5, 0.6) is 0 Å². The summed E-state index contributed by atoms with van der Waals surface area (Å²) in [4.78, 5) is 16.0. The van der Waals surface area contributed by atoms with Crippen LogP contribution in [-0.2, 0) is 22.5 Å². The monoisotopic (exact) mass is 411 g/mol. The Kier molecular flexibility index (Phi) is 6.36. The van der Waals surface area contributed by atoms with E-state index in [1.165, 1.54) is 10.4 Å². The number of nitrogens with zero attached hydrogens (tertiary/aromatic N) is 3. The molecule has 1 amide bonds. The van der Waals surface area contributed by atoms with Crippen LogP contribution in [-0.4, -0.2) is 40.3 Å². The van der Waals surface area contributed by atoms with Gasteiger partial charge in [0, 0.05) is 36.4 Å². The Morgan fingerprint density at radius 2 is 2.10 bits per heavy atom. The third-order valence-electron chi connectivity index (χ3n) is 5.05. The van der Waals surface area contributed by atoms with Crippen LogP contribution < -0.4 is 0 Å². The van der Waals surface area contributed by atoms with Crippen molar-refractivity contribution < 1.29 is 13.9 Å². The number of thiophene rings is 1. The van der Waals surface area contributed by atoms with Gasteiger partial charge in [0.1, 0.15) is 0 Å². The van der Waals surface area contributed by atoms with Gasteiger partial charge < -0.3 is 14.1 Å². The lowest BCUT2D eigenvalue weighted by Gasteiger charge is -2.25. The van der Waals surface area contributed by atoms with Gasteiger partial charge in [-0.1, -0.05) is 23.8 Å². The zero-order valence-electron chi connectivity index (χ0n) is 16.5. The van der Waals surface area contributed by atoms with Crippen LogP contribution in [0.1, 0.15) is 35.6 Å². The van der Waals surface area contributed by atoms with Crippen LogP contribution in [0.25, 0.3) is 11.5 Å². The van der Waals surface area contributed by atoms with Crippen molar-refractivity contribution in [3.63, 3.8) is 0 Å². The van der Waals surface area contributed by atoms with E-state index in [0.717, 1.165) is 25.0 Å². The molecule has 0 bridgehead atoms. The second-order valence-electron chi connectivity index (χ2n) is 7.36. The second-order valence-corrected chi connectivity index (χ2v) is 8.39. The van der Waals surface area contributed by atoms with Gasteiger partial charge in [-0.15, -0.1) is 21.5 Å². The number of hydrogen-bond acceptors (Lipinski definition) is 6. The highest BCUT2D eigenvalue weighted by molar-refractivity contribution is 7.09. The molecule has 3 heterocycles. The lowest BCUT2D eigenvalue weighted by atomic mass is 10.1. The van der Waals surface area contributed by atoms with Gasteiger partial charge in [-0.3, -0.25) is 4.79 Å². The fourth-order valence-corrected chi connectivity index (χ4v) is 4.14. The van der Waals surface area contributed by atoms with E-state index in [0.29, 0.717) is 37.7 Å². The lowest BCUT2D eigenvalue weighted by Crippen LogP contribution is -2.36. The number of aryl methyl sites for hydroxylation is 2. The molecule has 1 fully saturated rings. The minimum atomic E-state index is 0.0870. The third kappa shape index (κ3) is 5.31. The maximum atomic E-state index is 12.9. The normalized spacial score (nSPS) is 16.2.